The number of hydrogen-bond donors (Lipinski definition) is 2. The van der Waals surface area contributed by atoms with Crippen molar-refractivity contribution in [1.82, 2.24) is 9.97 Å². The van der Waals surface area contributed by atoms with Crippen LogP contribution in [0.1, 0.15) is 19.7 Å². The number of aryl methyl sites for hydroxylation is 1. The second-order valence-electron chi connectivity index (χ2n) is 3.28. The summed E-state index contributed by atoms with van der Waals surface area (Å²) in [7, 11) is 0. The average Bonchev–Trinajstić information content (AvgIpc) is 2.16. The summed E-state index contributed by atoms with van der Waals surface area (Å²) in [5.74, 6) is 0.487. The van der Waals surface area contributed by atoms with Crippen molar-refractivity contribution in [2.75, 3.05) is 11.9 Å². The minimum absolute atomic E-state index is 0.440. The van der Waals surface area contributed by atoms with Crippen LogP contribution in [0.5, 0.6) is 5.88 Å². The molecule has 6 heteroatoms. The van der Waals surface area contributed by atoms with Gasteiger partial charge in [0.2, 0.25) is 5.88 Å². The largest absolute Gasteiger partial charge is 0.480 e. The van der Waals surface area contributed by atoms with E-state index >= 15 is 0 Å². The van der Waals surface area contributed by atoms with E-state index in [-0.39, 0.29) is 0 Å². The van der Waals surface area contributed by atoms with Gasteiger partial charge < -0.3 is 15.2 Å². The minimum Gasteiger partial charge on any atom is -0.480 e. The lowest BCUT2D eigenvalue weighted by atomic mass is 10.3. The number of carboxylic acid groups (broad SMARTS) is 1. The van der Waals surface area contributed by atoms with E-state index in [4.69, 9.17) is 9.84 Å². The van der Waals surface area contributed by atoms with Gasteiger partial charge in [-0.15, -0.1) is 0 Å². The average molecular weight is 225 g/mol. The molecule has 0 bridgehead atoms. The second-order valence-corrected chi connectivity index (χ2v) is 3.28. The van der Waals surface area contributed by atoms with Gasteiger partial charge in [-0.2, -0.15) is 4.98 Å². The summed E-state index contributed by atoms with van der Waals surface area (Å²) in [4.78, 5) is 18.8. The van der Waals surface area contributed by atoms with Crippen molar-refractivity contribution < 1.29 is 14.6 Å². The highest BCUT2D eigenvalue weighted by molar-refractivity contribution is 5.76. The van der Waals surface area contributed by atoms with Crippen LogP contribution in [-0.2, 0) is 4.79 Å². The highest BCUT2D eigenvalue weighted by Gasteiger charge is 2.12. The Bertz CT molecular complexity index is 382. The van der Waals surface area contributed by atoms with Gasteiger partial charge in [-0.25, -0.2) is 4.98 Å². The van der Waals surface area contributed by atoms with E-state index in [1.54, 1.807) is 19.9 Å². The fourth-order valence-electron chi connectivity index (χ4n) is 1.12. The molecule has 6 nitrogen and oxygen atoms in total. The number of aromatic nitrogens is 2. The molecule has 2 N–H and O–H groups in total. The van der Waals surface area contributed by atoms with Crippen molar-refractivity contribution >= 4 is 11.8 Å². The first kappa shape index (κ1) is 12.2. The third-order valence-corrected chi connectivity index (χ3v) is 1.84. The zero-order valence-electron chi connectivity index (χ0n) is 9.52. The normalized spacial score (nSPS) is 11.9. The quantitative estimate of drug-likeness (QED) is 0.779. The molecule has 0 spiro atoms. The molecular weight excluding hydrogens is 210 g/mol. The Morgan fingerprint density at radius 3 is 2.88 bits per heavy atom. The molecule has 1 unspecified atom stereocenters. The van der Waals surface area contributed by atoms with Crippen molar-refractivity contribution in [1.29, 1.82) is 0 Å². The number of nitrogens with zero attached hydrogens (tertiary/aromatic N) is 2. The summed E-state index contributed by atoms with van der Waals surface area (Å²) in [5.41, 5.74) is 0. The molecule has 0 saturated heterocycles. The molecule has 1 aromatic heterocycles. The molecule has 0 aromatic carbocycles. The zero-order chi connectivity index (χ0) is 12.1. The molecular formula is C10H15N3O3. The highest BCUT2D eigenvalue weighted by atomic mass is 16.5. The molecule has 0 radical (unpaired) electrons. The maximum absolute atomic E-state index is 10.7. The van der Waals surface area contributed by atoms with Crippen LogP contribution in [0.3, 0.4) is 0 Å². The molecule has 1 rings (SSSR count). The van der Waals surface area contributed by atoms with Crippen molar-refractivity contribution in [2.24, 2.45) is 0 Å². The van der Waals surface area contributed by atoms with Crippen LogP contribution in [0.25, 0.3) is 0 Å². The van der Waals surface area contributed by atoms with Crippen LogP contribution in [0.15, 0.2) is 6.07 Å². The van der Waals surface area contributed by atoms with E-state index in [9.17, 15) is 4.79 Å². The molecule has 1 heterocycles. The molecule has 88 valence electrons. The van der Waals surface area contributed by atoms with E-state index in [2.05, 4.69) is 15.3 Å². The molecule has 0 aliphatic carbocycles. The molecule has 0 saturated carbocycles. The lowest BCUT2D eigenvalue weighted by Crippen LogP contribution is -2.26. The maximum Gasteiger partial charge on any atom is 0.325 e. The lowest BCUT2D eigenvalue weighted by Gasteiger charge is -2.11. The fourth-order valence-corrected chi connectivity index (χ4v) is 1.12. The Hall–Kier alpha value is -1.85. The molecule has 1 aromatic rings. The van der Waals surface area contributed by atoms with Gasteiger partial charge in [-0.3, -0.25) is 4.79 Å². The topological polar surface area (TPSA) is 84.3 Å². The van der Waals surface area contributed by atoms with Crippen LogP contribution in [0, 0.1) is 6.92 Å². The molecule has 0 amide bonds. The first-order valence-electron chi connectivity index (χ1n) is 5.00. The third kappa shape index (κ3) is 3.38. The molecule has 1 atom stereocenters. The number of carbonyl (C=O) groups is 1. The number of anilines is 1. The van der Waals surface area contributed by atoms with E-state index in [1.807, 2.05) is 6.92 Å². The third-order valence-electron chi connectivity index (χ3n) is 1.84. The molecule has 0 fully saturated rings. The number of ether oxygens (including phenoxy) is 1. The van der Waals surface area contributed by atoms with Crippen molar-refractivity contribution in [3.63, 3.8) is 0 Å². The Balaban J connectivity index is 2.83. The molecule has 0 aliphatic rings. The van der Waals surface area contributed by atoms with Gasteiger partial charge in [-0.1, -0.05) is 0 Å². The predicted octanol–water partition coefficient (Wildman–Crippen LogP) is 1.07. The number of aliphatic carboxylic acids is 1. The SMILES string of the molecule is CCOc1cc(NC(C)C(=O)O)nc(C)n1. The molecule has 16 heavy (non-hydrogen) atoms. The van der Waals surface area contributed by atoms with E-state index < -0.39 is 12.0 Å². The Morgan fingerprint density at radius 2 is 2.31 bits per heavy atom. The minimum atomic E-state index is -0.936. The van der Waals surface area contributed by atoms with Gasteiger partial charge in [0.25, 0.3) is 0 Å². The highest BCUT2D eigenvalue weighted by Crippen LogP contribution is 2.14. The summed E-state index contributed by atoms with van der Waals surface area (Å²) in [6.45, 7) is 5.62. The van der Waals surface area contributed by atoms with Crippen molar-refractivity contribution in [2.45, 2.75) is 26.8 Å². The predicted molar refractivity (Wildman–Crippen MR) is 58.7 cm³/mol. The smallest absolute Gasteiger partial charge is 0.325 e. The van der Waals surface area contributed by atoms with Crippen molar-refractivity contribution in [3.05, 3.63) is 11.9 Å². The number of hydrogen-bond acceptors (Lipinski definition) is 5. The second kappa shape index (κ2) is 5.29. The van der Waals surface area contributed by atoms with Gasteiger partial charge in [0, 0.05) is 6.07 Å². The molecule has 0 aliphatic heterocycles. The summed E-state index contributed by atoms with van der Waals surface area (Å²) >= 11 is 0. The summed E-state index contributed by atoms with van der Waals surface area (Å²) in [5, 5.41) is 11.5. The monoisotopic (exact) mass is 225 g/mol. The van der Waals surface area contributed by atoms with Crippen LogP contribution in [0.4, 0.5) is 5.82 Å². The maximum atomic E-state index is 10.7. The van der Waals surface area contributed by atoms with Crippen LogP contribution in [-0.4, -0.2) is 33.7 Å². The number of nitrogens with one attached hydrogen (secondary N) is 1. The zero-order valence-corrected chi connectivity index (χ0v) is 9.52. The van der Waals surface area contributed by atoms with Gasteiger partial charge in [0.05, 0.1) is 6.61 Å². The Kier molecular flexibility index (Phi) is 4.04. The Labute approximate surface area is 93.7 Å². The standard InChI is InChI=1S/C10H15N3O3/c1-4-16-9-5-8(12-7(3)13-9)11-6(2)10(14)15/h5-6H,4H2,1-3H3,(H,14,15)(H,11,12,13). The van der Waals surface area contributed by atoms with Crippen LogP contribution >= 0.6 is 0 Å². The summed E-state index contributed by atoms with van der Waals surface area (Å²) < 4.78 is 5.23. The van der Waals surface area contributed by atoms with Crippen LogP contribution < -0.4 is 10.1 Å². The number of rotatable bonds is 5. The van der Waals surface area contributed by atoms with Gasteiger partial charge >= 0.3 is 5.97 Å². The van der Waals surface area contributed by atoms with Crippen LogP contribution in [0.2, 0.25) is 0 Å². The number of carboxylic acids is 1. The Morgan fingerprint density at radius 1 is 1.62 bits per heavy atom. The van der Waals surface area contributed by atoms with E-state index in [0.717, 1.165) is 0 Å². The van der Waals surface area contributed by atoms with Gasteiger partial charge in [0.1, 0.15) is 17.7 Å². The van der Waals surface area contributed by atoms with Crippen molar-refractivity contribution in [3.8, 4) is 5.88 Å². The van der Waals surface area contributed by atoms with Gasteiger partial charge in [0.15, 0.2) is 0 Å². The summed E-state index contributed by atoms with van der Waals surface area (Å²) in [6, 6.07) is 0.874. The van der Waals surface area contributed by atoms with Gasteiger partial charge in [-0.05, 0) is 20.8 Å². The first-order valence-corrected chi connectivity index (χ1v) is 5.00. The first-order chi connectivity index (χ1) is 7.52. The summed E-state index contributed by atoms with van der Waals surface area (Å²) in [6.07, 6.45) is 0. The fraction of sp³-hybridized carbons (Fsp3) is 0.500. The van der Waals surface area contributed by atoms with E-state index in [1.165, 1.54) is 0 Å². The lowest BCUT2D eigenvalue weighted by molar-refractivity contribution is -0.137. The van der Waals surface area contributed by atoms with E-state index in [0.29, 0.717) is 24.1 Å².